The maximum atomic E-state index is 11.0. The summed E-state index contributed by atoms with van der Waals surface area (Å²) in [7, 11) is -0.656. The fourth-order valence-electron chi connectivity index (χ4n) is 0.872. The molecule has 0 fully saturated rings. The van der Waals surface area contributed by atoms with Crippen molar-refractivity contribution in [3.8, 4) is 0 Å². The minimum Gasteiger partial charge on any atom is -0.310 e. The topological polar surface area (TPSA) is 42.0 Å². The van der Waals surface area contributed by atoms with Crippen molar-refractivity contribution in [2.75, 3.05) is 18.1 Å². The normalized spacial score (nSPS) is 13.0. The van der Waals surface area contributed by atoms with E-state index in [9.17, 15) is 4.21 Å². The second kappa shape index (κ2) is 6.23. The highest BCUT2D eigenvalue weighted by molar-refractivity contribution is 7.84. The summed E-state index contributed by atoms with van der Waals surface area (Å²) in [6, 6.07) is 0. The number of thiazole rings is 1. The van der Waals surface area contributed by atoms with Crippen LogP contribution < -0.4 is 5.32 Å². The van der Waals surface area contributed by atoms with Crippen LogP contribution in [0.4, 0.5) is 0 Å². The minimum atomic E-state index is -0.656. The van der Waals surface area contributed by atoms with E-state index >= 15 is 0 Å². The van der Waals surface area contributed by atoms with Crippen molar-refractivity contribution in [2.45, 2.75) is 13.5 Å². The van der Waals surface area contributed by atoms with Gasteiger partial charge in [0.2, 0.25) is 0 Å². The molecule has 1 aromatic rings. The zero-order chi connectivity index (χ0) is 9.52. The molecule has 1 unspecified atom stereocenters. The molecule has 1 aromatic heterocycles. The molecular formula is C8H14N2OS2. The fourth-order valence-corrected chi connectivity index (χ4v) is 2.09. The Hall–Kier alpha value is -0.260. The van der Waals surface area contributed by atoms with Crippen molar-refractivity contribution < 1.29 is 4.21 Å². The molecule has 0 saturated carbocycles. The van der Waals surface area contributed by atoms with E-state index in [1.54, 1.807) is 11.3 Å². The van der Waals surface area contributed by atoms with Gasteiger partial charge in [-0.05, 0) is 0 Å². The number of rotatable bonds is 6. The summed E-state index contributed by atoms with van der Waals surface area (Å²) in [4.78, 5) is 4.13. The number of nitrogens with one attached hydrogen (secondary N) is 1. The molecule has 0 bridgehead atoms. The summed E-state index contributed by atoms with van der Waals surface area (Å²) in [6.45, 7) is 3.53. The summed E-state index contributed by atoms with van der Waals surface area (Å²) in [5.41, 5.74) is 2.88. The zero-order valence-electron chi connectivity index (χ0n) is 7.66. The molecule has 1 N–H and O–H groups in total. The average molecular weight is 218 g/mol. The van der Waals surface area contributed by atoms with E-state index in [0.717, 1.165) is 30.3 Å². The average Bonchev–Trinajstić information content (AvgIpc) is 2.64. The third kappa shape index (κ3) is 4.50. The second-order valence-electron chi connectivity index (χ2n) is 2.59. The summed E-state index contributed by atoms with van der Waals surface area (Å²) >= 11 is 1.60. The fraction of sp³-hybridized carbons (Fsp3) is 0.625. The first-order valence-electron chi connectivity index (χ1n) is 4.25. The van der Waals surface area contributed by atoms with Gasteiger partial charge in [-0.2, -0.15) is 0 Å². The first kappa shape index (κ1) is 10.8. The predicted molar refractivity (Wildman–Crippen MR) is 57.4 cm³/mol. The third-order valence-electron chi connectivity index (χ3n) is 1.62. The molecular weight excluding hydrogens is 204 g/mol. The van der Waals surface area contributed by atoms with Crippen molar-refractivity contribution in [3.05, 3.63) is 16.6 Å². The molecule has 1 atom stereocenters. The molecule has 0 aliphatic rings. The van der Waals surface area contributed by atoms with Gasteiger partial charge in [0.1, 0.15) is 0 Å². The van der Waals surface area contributed by atoms with Crippen LogP contribution in [0.25, 0.3) is 0 Å². The Kier molecular flexibility index (Phi) is 5.19. The minimum absolute atomic E-state index is 0.656. The van der Waals surface area contributed by atoms with Gasteiger partial charge in [-0.1, -0.05) is 6.92 Å². The van der Waals surface area contributed by atoms with Gasteiger partial charge >= 0.3 is 0 Å². The van der Waals surface area contributed by atoms with E-state index in [1.807, 2.05) is 17.8 Å². The number of aromatic nitrogens is 1. The lowest BCUT2D eigenvalue weighted by Gasteiger charge is -2.00. The van der Waals surface area contributed by atoms with Gasteiger partial charge in [0.05, 0.1) is 11.2 Å². The van der Waals surface area contributed by atoms with Crippen molar-refractivity contribution in [1.82, 2.24) is 10.3 Å². The number of hydrogen-bond acceptors (Lipinski definition) is 4. The lowest BCUT2D eigenvalue weighted by molar-refractivity contribution is 0.672. The highest BCUT2D eigenvalue weighted by Gasteiger charge is 1.96. The molecule has 0 spiro atoms. The Balaban J connectivity index is 2.05. The van der Waals surface area contributed by atoms with Crippen LogP contribution in [0.1, 0.15) is 12.6 Å². The maximum Gasteiger partial charge on any atom is 0.0795 e. The summed E-state index contributed by atoms with van der Waals surface area (Å²) in [6.07, 6.45) is 0. The van der Waals surface area contributed by atoms with Gasteiger partial charge in [0.25, 0.3) is 0 Å². The standard InChI is InChI=1S/C8H14N2OS2/c1-2-13(11)4-3-9-5-8-6-12-7-10-8/h6-7,9H,2-5H2,1H3. The Morgan fingerprint density at radius 3 is 3.15 bits per heavy atom. The lowest BCUT2D eigenvalue weighted by Crippen LogP contribution is -2.20. The molecule has 13 heavy (non-hydrogen) atoms. The van der Waals surface area contributed by atoms with Crippen LogP contribution in [0, 0.1) is 0 Å². The molecule has 5 heteroatoms. The lowest BCUT2D eigenvalue weighted by atomic mass is 10.5. The molecule has 1 rings (SSSR count). The first-order chi connectivity index (χ1) is 6.33. The van der Waals surface area contributed by atoms with E-state index < -0.39 is 10.8 Å². The predicted octanol–water partition coefficient (Wildman–Crippen LogP) is 1.00. The molecule has 0 radical (unpaired) electrons. The van der Waals surface area contributed by atoms with Crippen molar-refractivity contribution in [3.63, 3.8) is 0 Å². The van der Waals surface area contributed by atoms with Crippen LogP contribution in [0.2, 0.25) is 0 Å². The van der Waals surface area contributed by atoms with Gasteiger partial charge < -0.3 is 5.32 Å². The monoisotopic (exact) mass is 218 g/mol. The largest absolute Gasteiger partial charge is 0.310 e. The maximum absolute atomic E-state index is 11.0. The molecule has 0 amide bonds. The Labute approximate surface area is 85.0 Å². The van der Waals surface area contributed by atoms with Gasteiger partial charge in [0, 0.05) is 40.8 Å². The highest BCUT2D eigenvalue weighted by atomic mass is 32.2. The van der Waals surface area contributed by atoms with E-state index in [2.05, 4.69) is 10.3 Å². The molecule has 3 nitrogen and oxygen atoms in total. The molecule has 0 aromatic carbocycles. The van der Waals surface area contributed by atoms with E-state index in [-0.39, 0.29) is 0 Å². The number of hydrogen-bond donors (Lipinski definition) is 1. The smallest absolute Gasteiger partial charge is 0.0795 e. The van der Waals surface area contributed by atoms with Crippen LogP contribution in [0.3, 0.4) is 0 Å². The second-order valence-corrected chi connectivity index (χ2v) is 5.17. The van der Waals surface area contributed by atoms with Crippen LogP contribution in [-0.2, 0) is 17.3 Å². The first-order valence-corrected chi connectivity index (χ1v) is 6.68. The third-order valence-corrected chi connectivity index (χ3v) is 3.56. The van der Waals surface area contributed by atoms with E-state index in [1.165, 1.54) is 0 Å². The molecule has 0 aliphatic heterocycles. The van der Waals surface area contributed by atoms with Gasteiger partial charge in [0.15, 0.2) is 0 Å². The van der Waals surface area contributed by atoms with Crippen LogP contribution >= 0.6 is 11.3 Å². The van der Waals surface area contributed by atoms with Crippen molar-refractivity contribution in [2.24, 2.45) is 0 Å². The van der Waals surface area contributed by atoms with E-state index in [4.69, 9.17) is 0 Å². The Morgan fingerprint density at radius 2 is 2.54 bits per heavy atom. The Morgan fingerprint density at radius 1 is 1.69 bits per heavy atom. The van der Waals surface area contributed by atoms with E-state index in [0.29, 0.717) is 0 Å². The molecule has 74 valence electrons. The summed E-state index contributed by atoms with van der Waals surface area (Å²) in [5, 5.41) is 5.22. The summed E-state index contributed by atoms with van der Waals surface area (Å²) in [5.74, 6) is 1.49. The van der Waals surface area contributed by atoms with Gasteiger partial charge in [-0.3, -0.25) is 4.21 Å². The highest BCUT2D eigenvalue weighted by Crippen LogP contribution is 1.99. The molecule has 1 heterocycles. The summed E-state index contributed by atoms with van der Waals surface area (Å²) < 4.78 is 11.0. The van der Waals surface area contributed by atoms with Crippen LogP contribution in [0.5, 0.6) is 0 Å². The van der Waals surface area contributed by atoms with Gasteiger partial charge in [-0.25, -0.2) is 4.98 Å². The Bertz CT molecular complexity index is 249. The van der Waals surface area contributed by atoms with Gasteiger partial charge in [-0.15, -0.1) is 11.3 Å². The quantitative estimate of drug-likeness (QED) is 0.724. The SMILES string of the molecule is CCS(=O)CCNCc1cscn1. The van der Waals surface area contributed by atoms with Crippen LogP contribution in [0.15, 0.2) is 10.9 Å². The number of nitrogens with zero attached hydrogens (tertiary/aromatic N) is 1. The molecule has 0 aliphatic carbocycles. The van der Waals surface area contributed by atoms with Crippen molar-refractivity contribution >= 4 is 22.1 Å². The van der Waals surface area contributed by atoms with Crippen molar-refractivity contribution in [1.29, 1.82) is 0 Å². The zero-order valence-corrected chi connectivity index (χ0v) is 9.29. The van der Waals surface area contributed by atoms with Crippen LogP contribution in [-0.4, -0.2) is 27.2 Å². The molecule has 0 saturated heterocycles.